The Morgan fingerprint density at radius 2 is 1.82 bits per heavy atom. The van der Waals surface area contributed by atoms with Crippen LogP contribution in [0.25, 0.3) is 0 Å². The summed E-state index contributed by atoms with van der Waals surface area (Å²) in [5.41, 5.74) is 0.507. The van der Waals surface area contributed by atoms with Gasteiger partial charge in [-0.3, -0.25) is 4.79 Å². The molecule has 5 heteroatoms. The van der Waals surface area contributed by atoms with Crippen molar-refractivity contribution in [3.05, 3.63) is 29.8 Å². The van der Waals surface area contributed by atoms with Gasteiger partial charge in [0.05, 0.1) is 4.90 Å². The minimum Gasteiger partial charge on any atom is -0.295 e. The van der Waals surface area contributed by atoms with Crippen LogP contribution in [0.1, 0.15) is 37.6 Å². The number of sulfonamides is 1. The molecule has 0 amide bonds. The summed E-state index contributed by atoms with van der Waals surface area (Å²) >= 11 is 0. The van der Waals surface area contributed by atoms with Crippen molar-refractivity contribution in [1.82, 2.24) is 4.72 Å². The number of benzene rings is 1. The summed E-state index contributed by atoms with van der Waals surface area (Å²) in [7, 11) is -3.48. The van der Waals surface area contributed by atoms with Gasteiger partial charge >= 0.3 is 0 Å². The fourth-order valence-electron chi connectivity index (χ4n) is 1.29. The van der Waals surface area contributed by atoms with Gasteiger partial charge in [-0.1, -0.05) is 19.1 Å². The Morgan fingerprint density at radius 1 is 1.29 bits per heavy atom. The maximum atomic E-state index is 11.9. The van der Waals surface area contributed by atoms with E-state index in [4.69, 9.17) is 0 Å². The lowest BCUT2D eigenvalue weighted by Gasteiger charge is -2.12. The third-order valence-corrected chi connectivity index (χ3v) is 4.15. The molecule has 0 bridgehead atoms. The van der Waals surface area contributed by atoms with Gasteiger partial charge in [0.1, 0.15) is 0 Å². The summed E-state index contributed by atoms with van der Waals surface area (Å²) in [5.74, 6) is -0.0798. The Labute approximate surface area is 102 Å². The Hall–Kier alpha value is -1.20. The number of ketones is 1. The van der Waals surface area contributed by atoms with Gasteiger partial charge in [0, 0.05) is 11.6 Å². The van der Waals surface area contributed by atoms with E-state index in [0.29, 0.717) is 5.56 Å². The van der Waals surface area contributed by atoms with E-state index < -0.39 is 10.0 Å². The minimum absolute atomic E-state index is 0.0798. The summed E-state index contributed by atoms with van der Waals surface area (Å²) in [6.07, 6.45) is 0.727. The van der Waals surface area contributed by atoms with Crippen molar-refractivity contribution in [1.29, 1.82) is 0 Å². The first-order valence-electron chi connectivity index (χ1n) is 5.50. The average molecular weight is 255 g/mol. The molecule has 1 N–H and O–H groups in total. The first kappa shape index (κ1) is 13.9. The van der Waals surface area contributed by atoms with Crippen molar-refractivity contribution in [2.45, 2.75) is 38.1 Å². The van der Waals surface area contributed by atoms with E-state index in [2.05, 4.69) is 4.72 Å². The smallest absolute Gasteiger partial charge is 0.240 e. The van der Waals surface area contributed by atoms with E-state index in [1.54, 1.807) is 0 Å². The maximum absolute atomic E-state index is 11.9. The molecule has 1 aromatic carbocycles. The molecular formula is C12H17NO3S. The zero-order valence-electron chi connectivity index (χ0n) is 10.2. The van der Waals surface area contributed by atoms with Crippen molar-refractivity contribution in [2.24, 2.45) is 0 Å². The van der Waals surface area contributed by atoms with E-state index in [1.165, 1.54) is 31.2 Å². The fraction of sp³-hybridized carbons (Fsp3) is 0.417. The van der Waals surface area contributed by atoms with Crippen LogP contribution in [0.4, 0.5) is 0 Å². The summed E-state index contributed by atoms with van der Waals surface area (Å²) in [5, 5.41) is 0. The van der Waals surface area contributed by atoms with Crippen LogP contribution in [0.2, 0.25) is 0 Å². The number of nitrogens with one attached hydrogen (secondary N) is 1. The second kappa shape index (κ2) is 5.42. The molecule has 0 saturated carbocycles. The summed E-state index contributed by atoms with van der Waals surface area (Å²) in [6.45, 7) is 5.16. The lowest BCUT2D eigenvalue weighted by atomic mass is 10.2. The SMILES string of the molecule is CC[C@@H](C)NS(=O)(=O)c1ccc(C(C)=O)cc1. The van der Waals surface area contributed by atoms with Crippen molar-refractivity contribution in [3.63, 3.8) is 0 Å². The Kier molecular flexibility index (Phi) is 4.42. The monoisotopic (exact) mass is 255 g/mol. The third-order valence-electron chi connectivity index (χ3n) is 2.54. The second-order valence-electron chi connectivity index (χ2n) is 4.01. The number of rotatable bonds is 5. The lowest BCUT2D eigenvalue weighted by molar-refractivity contribution is 0.101. The predicted octanol–water partition coefficient (Wildman–Crippen LogP) is 1.97. The number of hydrogen-bond donors (Lipinski definition) is 1. The molecule has 1 rings (SSSR count). The molecule has 0 unspecified atom stereocenters. The first-order valence-corrected chi connectivity index (χ1v) is 6.98. The number of carbonyl (C=O) groups is 1. The van der Waals surface area contributed by atoms with Crippen LogP contribution in [0.3, 0.4) is 0 Å². The van der Waals surface area contributed by atoms with Crippen LogP contribution in [0.15, 0.2) is 29.2 Å². The van der Waals surface area contributed by atoms with Crippen LogP contribution in [-0.4, -0.2) is 20.2 Å². The quantitative estimate of drug-likeness (QED) is 0.818. The molecule has 1 aromatic rings. The van der Waals surface area contributed by atoms with Crippen LogP contribution in [0, 0.1) is 0 Å². The van der Waals surface area contributed by atoms with E-state index in [0.717, 1.165) is 6.42 Å². The first-order chi connectivity index (χ1) is 7.86. The Balaban J connectivity index is 2.96. The molecule has 0 aromatic heterocycles. The van der Waals surface area contributed by atoms with E-state index in [-0.39, 0.29) is 16.7 Å². The van der Waals surface area contributed by atoms with Gasteiger partial charge in [-0.25, -0.2) is 13.1 Å². The summed E-state index contributed by atoms with van der Waals surface area (Å²) < 4.78 is 26.3. The molecule has 17 heavy (non-hydrogen) atoms. The van der Waals surface area contributed by atoms with Gasteiger partial charge < -0.3 is 0 Å². The largest absolute Gasteiger partial charge is 0.295 e. The average Bonchev–Trinajstić information content (AvgIpc) is 2.28. The molecule has 0 saturated heterocycles. The predicted molar refractivity (Wildman–Crippen MR) is 66.5 cm³/mol. The summed E-state index contributed by atoms with van der Waals surface area (Å²) in [4.78, 5) is 11.2. The van der Waals surface area contributed by atoms with Gasteiger partial charge in [0.2, 0.25) is 10.0 Å². The van der Waals surface area contributed by atoms with Crippen molar-refractivity contribution >= 4 is 15.8 Å². The molecule has 4 nitrogen and oxygen atoms in total. The second-order valence-corrected chi connectivity index (χ2v) is 5.73. The van der Waals surface area contributed by atoms with Crippen molar-refractivity contribution in [2.75, 3.05) is 0 Å². The van der Waals surface area contributed by atoms with Gasteiger partial charge in [0.15, 0.2) is 5.78 Å². The minimum atomic E-state index is -3.48. The highest BCUT2D eigenvalue weighted by Crippen LogP contribution is 2.11. The zero-order chi connectivity index (χ0) is 13.1. The Bertz CT molecular complexity index is 491. The van der Waals surface area contributed by atoms with Crippen molar-refractivity contribution < 1.29 is 13.2 Å². The van der Waals surface area contributed by atoms with Gasteiger partial charge in [-0.2, -0.15) is 0 Å². The fourth-order valence-corrected chi connectivity index (χ4v) is 2.61. The van der Waals surface area contributed by atoms with Gasteiger partial charge in [0.25, 0.3) is 0 Å². The number of hydrogen-bond acceptors (Lipinski definition) is 3. The molecule has 0 radical (unpaired) electrons. The molecular weight excluding hydrogens is 238 g/mol. The molecule has 94 valence electrons. The molecule has 0 aliphatic heterocycles. The summed E-state index contributed by atoms with van der Waals surface area (Å²) in [6, 6.07) is 5.83. The number of Topliss-reactive ketones (excluding diaryl/α,β-unsaturated/α-hetero) is 1. The van der Waals surface area contributed by atoms with Crippen LogP contribution in [-0.2, 0) is 10.0 Å². The van der Waals surface area contributed by atoms with Crippen LogP contribution < -0.4 is 4.72 Å². The van der Waals surface area contributed by atoms with Gasteiger partial charge in [-0.05, 0) is 32.4 Å². The zero-order valence-corrected chi connectivity index (χ0v) is 11.0. The third kappa shape index (κ3) is 3.64. The molecule has 0 spiro atoms. The standard InChI is InChI=1S/C12H17NO3S/c1-4-9(2)13-17(15,16)12-7-5-11(6-8-12)10(3)14/h5-9,13H,4H2,1-3H3/t9-/m1/s1. The molecule has 0 heterocycles. The van der Waals surface area contributed by atoms with Crippen LogP contribution >= 0.6 is 0 Å². The molecule has 0 fully saturated rings. The van der Waals surface area contributed by atoms with E-state index >= 15 is 0 Å². The highest BCUT2D eigenvalue weighted by molar-refractivity contribution is 7.89. The number of carbonyl (C=O) groups excluding carboxylic acids is 1. The normalized spacial score (nSPS) is 13.4. The lowest BCUT2D eigenvalue weighted by Crippen LogP contribution is -2.31. The van der Waals surface area contributed by atoms with Gasteiger partial charge in [-0.15, -0.1) is 0 Å². The Morgan fingerprint density at radius 3 is 2.24 bits per heavy atom. The molecule has 0 aliphatic rings. The molecule has 0 aliphatic carbocycles. The topological polar surface area (TPSA) is 63.2 Å². The van der Waals surface area contributed by atoms with E-state index in [9.17, 15) is 13.2 Å². The highest BCUT2D eigenvalue weighted by Gasteiger charge is 2.16. The maximum Gasteiger partial charge on any atom is 0.240 e. The molecule has 1 atom stereocenters. The van der Waals surface area contributed by atoms with Crippen molar-refractivity contribution in [3.8, 4) is 0 Å². The van der Waals surface area contributed by atoms with Crippen LogP contribution in [0.5, 0.6) is 0 Å². The highest BCUT2D eigenvalue weighted by atomic mass is 32.2. The van der Waals surface area contributed by atoms with E-state index in [1.807, 2.05) is 13.8 Å².